The fourth-order valence-electron chi connectivity index (χ4n) is 1.65. The maximum Gasteiger partial charge on any atom is 0.159 e. The summed E-state index contributed by atoms with van der Waals surface area (Å²) in [5, 5.41) is 12.9. The maximum absolute atomic E-state index is 11.4. The molecule has 2 aromatic rings. The Kier molecular flexibility index (Phi) is 4.63. The minimum Gasteiger partial charge on any atom is -0.505 e. The van der Waals surface area contributed by atoms with Crippen molar-refractivity contribution in [2.24, 2.45) is 0 Å². The summed E-state index contributed by atoms with van der Waals surface area (Å²) in [6.45, 7) is 1.66. The predicted octanol–water partition coefficient (Wildman–Crippen LogP) is 3.81. The van der Waals surface area contributed by atoms with Crippen LogP contribution >= 0.6 is 15.9 Å². The van der Waals surface area contributed by atoms with Crippen molar-refractivity contribution in [3.63, 3.8) is 0 Å². The Morgan fingerprint density at radius 3 is 2.65 bits per heavy atom. The van der Waals surface area contributed by atoms with Gasteiger partial charge in [-0.15, -0.1) is 0 Å². The average Bonchev–Trinajstić information content (AvgIpc) is 2.44. The number of aromatic hydroxyl groups is 1. The van der Waals surface area contributed by atoms with Crippen LogP contribution in [0.1, 0.15) is 17.3 Å². The number of phenolic OH excluding ortho intramolecular Hbond substituents is 1. The molecule has 0 unspecified atom stereocenters. The summed E-state index contributed by atoms with van der Waals surface area (Å²) in [6, 6.07) is 12.5. The minimum absolute atomic E-state index is 0.0478. The van der Waals surface area contributed by atoms with E-state index in [1.165, 1.54) is 6.92 Å². The molecule has 0 aliphatic rings. The second kappa shape index (κ2) is 6.43. The van der Waals surface area contributed by atoms with Gasteiger partial charge in [-0.3, -0.25) is 4.79 Å². The zero-order valence-corrected chi connectivity index (χ0v) is 12.5. The first-order valence-electron chi connectivity index (χ1n) is 6.03. The molecule has 0 heterocycles. The summed E-state index contributed by atoms with van der Waals surface area (Å²) < 4.78 is 5.95. The van der Waals surface area contributed by atoms with Gasteiger partial charge in [-0.25, -0.2) is 0 Å². The van der Waals surface area contributed by atoms with Crippen LogP contribution in [0.2, 0.25) is 0 Å². The van der Waals surface area contributed by atoms with Crippen LogP contribution in [0.4, 0.5) is 5.69 Å². The normalized spacial score (nSPS) is 10.1. The van der Waals surface area contributed by atoms with Crippen LogP contribution in [0.15, 0.2) is 46.9 Å². The molecule has 0 amide bonds. The van der Waals surface area contributed by atoms with Gasteiger partial charge in [-0.05, 0) is 47.1 Å². The van der Waals surface area contributed by atoms with Gasteiger partial charge in [0.05, 0.1) is 10.2 Å². The smallest absolute Gasteiger partial charge is 0.159 e. The molecule has 0 aliphatic carbocycles. The molecule has 0 aliphatic heterocycles. The van der Waals surface area contributed by atoms with E-state index < -0.39 is 0 Å². The number of anilines is 1. The lowest BCUT2D eigenvalue weighted by atomic mass is 10.1. The summed E-state index contributed by atoms with van der Waals surface area (Å²) in [4.78, 5) is 11.4. The van der Waals surface area contributed by atoms with Crippen molar-refractivity contribution >= 4 is 27.4 Å². The zero-order chi connectivity index (χ0) is 14.5. The van der Waals surface area contributed by atoms with Crippen LogP contribution in [0, 0.1) is 0 Å². The Labute approximate surface area is 125 Å². The number of ketones is 1. The van der Waals surface area contributed by atoms with Crippen LogP contribution in [0.5, 0.6) is 11.5 Å². The van der Waals surface area contributed by atoms with Crippen LogP contribution in [0.25, 0.3) is 0 Å². The van der Waals surface area contributed by atoms with Gasteiger partial charge >= 0.3 is 0 Å². The topological polar surface area (TPSA) is 58.6 Å². The number of hydrogen-bond acceptors (Lipinski definition) is 4. The molecule has 0 saturated carbocycles. The number of rotatable bonds is 5. The largest absolute Gasteiger partial charge is 0.505 e. The number of Topliss-reactive ketones (excluding diaryl/α,β-unsaturated/α-hetero) is 1. The molecule has 5 heteroatoms. The summed E-state index contributed by atoms with van der Waals surface area (Å²) in [5.74, 6) is 0.700. The maximum atomic E-state index is 11.4. The summed E-state index contributed by atoms with van der Waals surface area (Å²) >= 11 is 3.22. The Bertz CT molecular complexity index is 614. The number of carbonyl (C=O) groups is 1. The van der Waals surface area contributed by atoms with Gasteiger partial charge < -0.3 is 15.2 Å². The van der Waals surface area contributed by atoms with Gasteiger partial charge in [0.2, 0.25) is 0 Å². The third kappa shape index (κ3) is 3.51. The summed E-state index contributed by atoms with van der Waals surface area (Å²) in [7, 11) is 0. The summed E-state index contributed by atoms with van der Waals surface area (Å²) in [5.41, 5.74) is 0.956. The quantitative estimate of drug-likeness (QED) is 0.495. The molecule has 2 rings (SSSR count). The van der Waals surface area contributed by atoms with E-state index in [0.717, 1.165) is 5.75 Å². The first-order valence-corrected chi connectivity index (χ1v) is 6.82. The van der Waals surface area contributed by atoms with Crippen molar-refractivity contribution in [2.45, 2.75) is 6.92 Å². The molecule has 2 N–H and O–H groups in total. The molecule has 0 fully saturated rings. The third-order valence-corrected chi connectivity index (χ3v) is 3.32. The molecule has 0 spiro atoms. The van der Waals surface area contributed by atoms with Crippen molar-refractivity contribution in [2.75, 3.05) is 12.0 Å². The highest BCUT2D eigenvalue weighted by Crippen LogP contribution is 2.33. The Morgan fingerprint density at radius 2 is 2.00 bits per heavy atom. The lowest BCUT2D eigenvalue weighted by molar-refractivity contribution is 0.101. The van der Waals surface area contributed by atoms with Gasteiger partial charge in [0, 0.05) is 5.56 Å². The van der Waals surface area contributed by atoms with Crippen molar-refractivity contribution in [1.82, 2.24) is 0 Å². The van der Waals surface area contributed by atoms with Crippen LogP contribution < -0.4 is 10.1 Å². The molecule has 4 nitrogen and oxygen atoms in total. The Morgan fingerprint density at radius 1 is 1.30 bits per heavy atom. The highest BCUT2D eigenvalue weighted by Gasteiger charge is 2.10. The van der Waals surface area contributed by atoms with Crippen molar-refractivity contribution < 1.29 is 14.6 Å². The Hall–Kier alpha value is -2.01. The number of nitrogens with one attached hydrogen (secondary N) is 1. The number of carbonyl (C=O) groups excluding carboxylic acids is 1. The lowest BCUT2D eigenvalue weighted by Crippen LogP contribution is -2.09. The van der Waals surface area contributed by atoms with E-state index in [4.69, 9.17) is 4.74 Å². The fourth-order valence-corrected chi connectivity index (χ4v) is 2.11. The molecule has 0 radical (unpaired) electrons. The van der Waals surface area contributed by atoms with E-state index in [-0.39, 0.29) is 18.3 Å². The van der Waals surface area contributed by atoms with Crippen LogP contribution in [0.3, 0.4) is 0 Å². The zero-order valence-electron chi connectivity index (χ0n) is 10.9. The van der Waals surface area contributed by atoms with E-state index >= 15 is 0 Å². The molecule has 0 bridgehead atoms. The van der Waals surface area contributed by atoms with E-state index in [1.54, 1.807) is 12.1 Å². The lowest BCUT2D eigenvalue weighted by Gasteiger charge is -2.12. The highest BCUT2D eigenvalue weighted by atomic mass is 79.9. The van der Waals surface area contributed by atoms with Crippen LogP contribution in [-0.4, -0.2) is 17.6 Å². The second-order valence-corrected chi connectivity index (χ2v) is 5.04. The van der Waals surface area contributed by atoms with Crippen molar-refractivity contribution in [3.05, 3.63) is 52.5 Å². The molecular formula is C15H14BrNO3. The number of phenols is 1. The van der Waals surface area contributed by atoms with E-state index in [9.17, 15) is 9.90 Å². The number of benzene rings is 2. The summed E-state index contributed by atoms with van der Waals surface area (Å²) in [6.07, 6.45) is 0. The minimum atomic E-state index is -0.0715. The first kappa shape index (κ1) is 14.4. The van der Waals surface area contributed by atoms with Gasteiger partial charge in [-0.2, -0.15) is 0 Å². The monoisotopic (exact) mass is 335 g/mol. The number of halogens is 1. The third-order valence-electron chi connectivity index (χ3n) is 2.71. The average molecular weight is 336 g/mol. The first-order chi connectivity index (χ1) is 9.58. The van der Waals surface area contributed by atoms with Gasteiger partial charge in [0.15, 0.2) is 18.3 Å². The molecule has 104 valence electrons. The van der Waals surface area contributed by atoms with E-state index in [1.807, 2.05) is 30.3 Å². The van der Waals surface area contributed by atoms with E-state index in [0.29, 0.717) is 15.7 Å². The predicted molar refractivity (Wildman–Crippen MR) is 81.4 cm³/mol. The standard InChI is InChI=1S/C15H14BrNO3/c1-10(18)11-7-13(16)15(19)14(8-11)17-9-20-12-5-3-2-4-6-12/h2-8,17,19H,9H2,1H3. The van der Waals surface area contributed by atoms with Gasteiger partial charge in [-0.1, -0.05) is 18.2 Å². The molecule has 2 aromatic carbocycles. The molecule has 20 heavy (non-hydrogen) atoms. The molecule has 0 atom stereocenters. The SMILES string of the molecule is CC(=O)c1cc(Br)c(O)c(NCOc2ccccc2)c1. The van der Waals surface area contributed by atoms with Crippen LogP contribution in [-0.2, 0) is 0 Å². The number of para-hydroxylation sites is 1. The highest BCUT2D eigenvalue weighted by molar-refractivity contribution is 9.10. The van der Waals surface area contributed by atoms with Crippen molar-refractivity contribution in [1.29, 1.82) is 0 Å². The molecule has 0 aromatic heterocycles. The number of hydrogen-bond donors (Lipinski definition) is 2. The van der Waals surface area contributed by atoms with E-state index in [2.05, 4.69) is 21.2 Å². The molecular weight excluding hydrogens is 322 g/mol. The van der Waals surface area contributed by atoms with Gasteiger partial charge in [0.1, 0.15) is 5.75 Å². The fraction of sp³-hybridized carbons (Fsp3) is 0.133. The molecule has 0 saturated heterocycles. The second-order valence-electron chi connectivity index (χ2n) is 4.19. The van der Waals surface area contributed by atoms with Gasteiger partial charge in [0.25, 0.3) is 0 Å². The van der Waals surface area contributed by atoms with Crippen molar-refractivity contribution in [3.8, 4) is 11.5 Å². The Balaban J connectivity index is 2.07. The number of ether oxygens (including phenoxy) is 1.